The van der Waals surface area contributed by atoms with Gasteiger partial charge in [0.25, 0.3) is 10.0 Å². The molecule has 0 aliphatic heterocycles. The SMILES string of the molecule is CNS(=O)(=O)c1c[nH]c(-c2ccc(Cl)cc2)n1. The van der Waals surface area contributed by atoms with Crippen LogP contribution in [0.4, 0.5) is 0 Å². The van der Waals surface area contributed by atoms with E-state index < -0.39 is 10.0 Å². The van der Waals surface area contributed by atoms with Gasteiger partial charge in [-0.1, -0.05) is 11.6 Å². The monoisotopic (exact) mass is 271 g/mol. The number of sulfonamides is 1. The van der Waals surface area contributed by atoms with E-state index in [-0.39, 0.29) is 5.03 Å². The van der Waals surface area contributed by atoms with E-state index in [2.05, 4.69) is 14.7 Å². The number of aromatic nitrogens is 2. The zero-order chi connectivity index (χ0) is 12.5. The Balaban J connectivity index is 2.40. The van der Waals surface area contributed by atoms with Gasteiger partial charge in [0.2, 0.25) is 0 Å². The molecule has 0 radical (unpaired) electrons. The predicted molar refractivity (Wildman–Crippen MR) is 65.3 cm³/mol. The molecule has 0 spiro atoms. The number of imidazole rings is 1. The first-order valence-electron chi connectivity index (χ1n) is 4.78. The first-order chi connectivity index (χ1) is 8.03. The second-order valence-electron chi connectivity index (χ2n) is 3.30. The fraction of sp³-hybridized carbons (Fsp3) is 0.100. The number of hydrogen-bond donors (Lipinski definition) is 2. The highest BCUT2D eigenvalue weighted by atomic mass is 35.5. The Hall–Kier alpha value is -1.37. The zero-order valence-corrected chi connectivity index (χ0v) is 10.5. The maximum absolute atomic E-state index is 11.5. The summed E-state index contributed by atoms with van der Waals surface area (Å²) in [6.07, 6.45) is 1.34. The second kappa shape index (κ2) is 4.48. The van der Waals surface area contributed by atoms with E-state index >= 15 is 0 Å². The molecule has 1 aromatic carbocycles. The minimum atomic E-state index is -3.51. The van der Waals surface area contributed by atoms with Gasteiger partial charge in [-0.15, -0.1) is 0 Å². The van der Waals surface area contributed by atoms with Gasteiger partial charge in [-0.3, -0.25) is 0 Å². The van der Waals surface area contributed by atoms with Crippen molar-refractivity contribution in [3.63, 3.8) is 0 Å². The lowest BCUT2D eigenvalue weighted by Gasteiger charge is -1.97. The highest BCUT2D eigenvalue weighted by molar-refractivity contribution is 7.89. The topological polar surface area (TPSA) is 74.8 Å². The van der Waals surface area contributed by atoms with Gasteiger partial charge in [0.05, 0.1) is 0 Å². The summed E-state index contributed by atoms with van der Waals surface area (Å²) < 4.78 is 25.2. The number of nitrogens with zero attached hydrogens (tertiary/aromatic N) is 1. The molecule has 0 saturated carbocycles. The molecule has 0 fully saturated rings. The first-order valence-corrected chi connectivity index (χ1v) is 6.64. The normalized spacial score (nSPS) is 11.6. The van der Waals surface area contributed by atoms with Crippen molar-refractivity contribution in [3.05, 3.63) is 35.5 Å². The molecule has 17 heavy (non-hydrogen) atoms. The lowest BCUT2D eigenvalue weighted by Crippen LogP contribution is -2.18. The number of aromatic amines is 1. The summed E-state index contributed by atoms with van der Waals surface area (Å²) in [5, 5.41) is 0.577. The maximum atomic E-state index is 11.5. The van der Waals surface area contributed by atoms with Crippen LogP contribution in [0.15, 0.2) is 35.5 Å². The third-order valence-corrected chi connectivity index (χ3v) is 3.77. The predicted octanol–water partition coefficient (Wildman–Crippen LogP) is 1.64. The molecule has 0 amide bonds. The Kier molecular flexibility index (Phi) is 3.19. The molecule has 0 aliphatic rings. The van der Waals surface area contributed by atoms with E-state index in [0.717, 1.165) is 5.56 Å². The number of H-pyrrole nitrogens is 1. The number of benzene rings is 1. The molecule has 1 heterocycles. The zero-order valence-electron chi connectivity index (χ0n) is 8.94. The minimum Gasteiger partial charge on any atom is -0.343 e. The number of halogens is 1. The number of nitrogens with one attached hydrogen (secondary N) is 2. The van der Waals surface area contributed by atoms with E-state index in [9.17, 15) is 8.42 Å². The molecular weight excluding hydrogens is 262 g/mol. The van der Waals surface area contributed by atoms with Crippen molar-refractivity contribution in [1.82, 2.24) is 14.7 Å². The molecule has 0 atom stereocenters. The average molecular weight is 272 g/mol. The van der Waals surface area contributed by atoms with Crippen LogP contribution in [-0.4, -0.2) is 25.4 Å². The van der Waals surface area contributed by atoms with Crippen LogP contribution in [0.25, 0.3) is 11.4 Å². The average Bonchev–Trinajstić information content (AvgIpc) is 2.80. The molecule has 0 aliphatic carbocycles. The van der Waals surface area contributed by atoms with Crippen LogP contribution in [0, 0.1) is 0 Å². The summed E-state index contributed by atoms with van der Waals surface area (Å²) in [7, 11) is -2.17. The Morgan fingerprint density at radius 3 is 2.53 bits per heavy atom. The molecule has 1 aromatic heterocycles. The van der Waals surface area contributed by atoms with Crippen LogP contribution in [0.2, 0.25) is 5.02 Å². The standard InChI is InChI=1S/C10H10ClN3O2S/c1-12-17(15,16)9-6-13-10(14-9)7-2-4-8(11)5-3-7/h2-6,12H,1H3,(H,13,14). The summed E-state index contributed by atoms with van der Waals surface area (Å²) in [5.41, 5.74) is 0.770. The molecule has 90 valence electrons. The van der Waals surface area contributed by atoms with Crippen LogP contribution in [0.1, 0.15) is 0 Å². The van der Waals surface area contributed by atoms with Gasteiger partial charge >= 0.3 is 0 Å². The molecule has 0 unspecified atom stereocenters. The quantitative estimate of drug-likeness (QED) is 0.891. The molecule has 0 saturated heterocycles. The summed E-state index contributed by atoms with van der Waals surface area (Å²) in [4.78, 5) is 6.81. The van der Waals surface area contributed by atoms with E-state index in [4.69, 9.17) is 11.6 Å². The summed E-state index contributed by atoms with van der Waals surface area (Å²) in [5.74, 6) is 0.482. The molecule has 7 heteroatoms. The number of hydrogen-bond acceptors (Lipinski definition) is 3. The van der Waals surface area contributed by atoms with Crippen molar-refractivity contribution >= 4 is 21.6 Å². The van der Waals surface area contributed by atoms with Crippen LogP contribution < -0.4 is 4.72 Å². The van der Waals surface area contributed by atoms with Gasteiger partial charge < -0.3 is 4.98 Å². The van der Waals surface area contributed by atoms with Crippen molar-refractivity contribution in [2.75, 3.05) is 7.05 Å². The first kappa shape index (κ1) is 12.1. The maximum Gasteiger partial charge on any atom is 0.259 e. The van der Waals surface area contributed by atoms with Gasteiger partial charge in [0.15, 0.2) is 5.03 Å². The summed E-state index contributed by atoms with van der Waals surface area (Å²) >= 11 is 5.76. The van der Waals surface area contributed by atoms with Crippen molar-refractivity contribution in [2.24, 2.45) is 0 Å². The van der Waals surface area contributed by atoms with Crippen molar-refractivity contribution in [1.29, 1.82) is 0 Å². The van der Waals surface area contributed by atoms with Crippen LogP contribution in [0.3, 0.4) is 0 Å². The molecular formula is C10H10ClN3O2S. The van der Waals surface area contributed by atoms with Crippen LogP contribution in [0.5, 0.6) is 0 Å². The second-order valence-corrected chi connectivity index (χ2v) is 5.57. The van der Waals surface area contributed by atoms with Crippen LogP contribution >= 0.6 is 11.6 Å². The highest BCUT2D eigenvalue weighted by Crippen LogP contribution is 2.19. The van der Waals surface area contributed by atoms with Crippen molar-refractivity contribution in [3.8, 4) is 11.4 Å². The Labute approximate surface area is 104 Å². The Morgan fingerprint density at radius 2 is 1.94 bits per heavy atom. The van der Waals surface area contributed by atoms with Crippen LogP contribution in [-0.2, 0) is 10.0 Å². The van der Waals surface area contributed by atoms with Gasteiger partial charge in [-0.2, -0.15) is 0 Å². The minimum absolute atomic E-state index is 0.0371. The Morgan fingerprint density at radius 1 is 1.29 bits per heavy atom. The van der Waals surface area contributed by atoms with E-state index in [1.807, 2.05) is 0 Å². The molecule has 2 rings (SSSR count). The van der Waals surface area contributed by atoms with Crippen molar-refractivity contribution < 1.29 is 8.42 Å². The van der Waals surface area contributed by atoms with Gasteiger partial charge in [0.1, 0.15) is 5.82 Å². The molecule has 5 nitrogen and oxygen atoms in total. The third-order valence-electron chi connectivity index (χ3n) is 2.22. The molecule has 2 aromatic rings. The van der Waals surface area contributed by atoms with Gasteiger partial charge in [-0.05, 0) is 31.3 Å². The lowest BCUT2D eigenvalue weighted by molar-refractivity contribution is 0.585. The smallest absolute Gasteiger partial charge is 0.259 e. The van der Waals surface area contributed by atoms with Crippen molar-refractivity contribution in [2.45, 2.75) is 5.03 Å². The Bertz CT molecular complexity index is 619. The molecule has 0 bridgehead atoms. The van der Waals surface area contributed by atoms with E-state index in [1.165, 1.54) is 13.2 Å². The van der Waals surface area contributed by atoms with E-state index in [1.54, 1.807) is 24.3 Å². The largest absolute Gasteiger partial charge is 0.343 e. The summed E-state index contributed by atoms with van der Waals surface area (Å²) in [6, 6.07) is 6.95. The third kappa shape index (κ3) is 2.49. The fourth-order valence-corrected chi connectivity index (χ4v) is 2.06. The summed E-state index contributed by atoms with van der Waals surface area (Å²) in [6.45, 7) is 0. The van der Waals surface area contributed by atoms with E-state index in [0.29, 0.717) is 10.8 Å². The van der Waals surface area contributed by atoms with Gasteiger partial charge in [-0.25, -0.2) is 18.1 Å². The number of rotatable bonds is 3. The molecule has 2 N–H and O–H groups in total. The fourth-order valence-electron chi connectivity index (χ4n) is 1.30. The highest BCUT2D eigenvalue weighted by Gasteiger charge is 2.15. The van der Waals surface area contributed by atoms with Gasteiger partial charge in [0, 0.05) is 16.8 Å². The lowest BCUT2D eigenvalue weighted by atomic mass is 10.2.